The summed E-state index contributed by atoms with van der Waals surface area (Å²) in [6.45, 7) is 11.0. The highest BCUT2D eigenvalue weighted by atomic mass is 127. The molecule has 1 fully saturated rings. The van der Waals surface area contributed by atoms with E-state index in [1.807, 2.05) is 4.68 Å². The van der Waals surface area contributed by atoms with Crippen LogP contribution in [0, 0.1) is 0 Å². The fourth-order valence-corrected chi connectivity index (χ4v) is 3.99. The summed E-state index contributed by atoms with van der Waals surface area (Å²) >= 11 is 0. The van der Waals surface area contributed by atoms with Gasteiger partial charge in [0.25, 0.3) is 0 Å². The van der Waals surface area contributed by atoms with Gasteiger partial charge in [0.15, 0.2) is 11.8 Å². The maximum atomic E-state index is 5.15. The molecule has 2 aliphatic rings. The van der Waals surface area contributed by atoms with E-state index in [9.17, 15) is 0 Å². The monoisotopic (exact) mass is 534 g/mol. The van der Waals surface area contributed by atoms with Crippen LogP contribution < -0.4 is 10.6 Å². The number of ether oxygens (including phenoxy) is 1. The number of halogens is 1. The van der Waals surface area contributed by atoms with Crippen LogP contribution in [0.15, 0.2) is 4.99 Å². The van der Waals surface area contributed by atoms with Gasteiger partial charge in [-0.15, -0.1) is 24.0 Å². The van der Waals surface area contributed by atoms with Crippen LogP contribution in [-0.2, 0) is 24.3 Å². The zero-order chi connectivity index (χ0) is 20.5. The molecule has 0 amide bonds. The van der Waals surface area contributed by atoms with Crippen molar-refractivity contribution in [1.29, 1.82) is 0 Å². The third-order valence-electron chi connectivity index (χ3n) is 5.57. The standard InChI is InChI=1S/C20H38N8O.HI/c1-4-21-20(22-9-5-11-27-12-6-10-26(2)13-14-27)23-17-7-8-19-24-18(16-29-3)25-28(19)15-17;/h17H,4-16H2,1-3H3,(H2,21,22,23);1H. The molecule has 30 heavy (non-hydrogen) atoms. The summed E-state index contributed by atoms with van der Waals surface area (Å²) in [5.74, 6) is 2.73. The Bertz CT molecular complexity index is 653. The molecule has 9 nitrogen and oxygen atoms in total. The zero-order valence-corrected chi connectivity index (χ0v) is 21.1. The number of aromatic nitrogens is 3. The number of hydrogen-bond donors (Lipinski definition) is 2. The van der Waals surface area contributed by atoms with Crippen molar-refractivity contribution in [2.75, 3.05) is 60.0 Å². The molecule has 1 aromatic rings. The first-order valence-electron chi connectivity index (χ1n) is 11.0. The minimum Gasteiger partial charge on any atom is -0.377 e. The second kappa shape index (κ2) is 13.4. The number of aliphatic imine (C=N–C) groups is 1. The van der Waals surface area contributed by atoms with Crippen molar-refractivity contribution in [3.05, 3.63) is 11.6 Å². The normalized spacial score (nSPS) is 20.9. The van der Waals surface area contributed by atoms with Gasteiger partial charge in [0.05, 0.1) is 6.54 Å². The summed E-state index contributed by atoms with van der Waals surface area (Å²) in [5, 5.41) is 11.5. The van der Waals surface area contributed by atoms with Crippen LogP contribution in [-0.4, -0.2) is 96.5 Å². The van der Waals surface area contributed by atoms with Gasteiger partial charge in [-0.05, 0) is 52.9 Å². The lowest BCUT2D eigenvalue weighted by atomic mass is 10.1. The number of hydrogen-bond acceptors (Lipinski definition) is 6. The third-order valence-corrected chi connectivity index (χ3v) is 5.57. The van der Waals surface area contributed by atoms with Crippen LogP contribution in [0.3, 0.4) is 0 Å². The summed E-state index contributed by atoms with van der Waals surface area (Å²) in [6, 6.07) is 0.318. The molecule has 0 aromatic carbocycles. The van der Waals surface area contributed by atoms with Crippen molar-refractivity contribution in [2.45, 2.75) is 51.8 Å². The Hall–Kier alpha value is -0.980. The first-order valence-corrected chi connectivity index (χ1v) is 11.0. The van der Waals surface area contributed by atoms with Crippen molar-refractivity contribution >= 4 is 29.9 Å². The van der Waals surface area contributed by atoms with Gasteiger partial charge < -0.3 is 25.2 Å². The molecule has 1 saturated heterocycles. The van der Waals surface area contributed by atoms with Crippen LogP contribution >= 0.6 is 24.0 Å². The second-order valence-electron chi connectivity index (χ2n) is 8.05. The van der Waals surface area contributed by atoms with E-state index in [4.69, 9.17) is 9.73 Å². The maximum Gasteiger partial charge on any atom is 0.191 e. The van der Waals surface area contributed by atoms with Crippen molar-refractivity contribution in [1.82, 2.24) is 35.2 Å². The van der Waals surface area contributed by atoms with Gasteiger partial charge >= 0.3 is 0 Å². The summed E-state index contributed by atoms with van der Waals surface area (Å²) in [5.41, 5.74) is 0. The Morgan fingerprint density at radius 3 is 2.93 bits per heavy atom. The number of nitrogens with one attached hydrogen (secondary N) is 2. The molecule has 1 unspecified atom stereocenters. The summed E-state index contributed by atoms with van der Waals surface area (Å²) in [4.78, 5) is 14.4. The highest BCUT2D eigenvalue weighted by Crippen LogP contribution is 2.13. The van der Waals surface area contributed by atoms with E-state index < -0.39 is 0 Å². The van der Waals surface area contributed by atoms with Crippen molar-refractivity contribution in [2.24, 2.45) is 4.99 Å². The molecule has 0 bridgehead atoms. The highest BCUT2D eigenvalue weighted by molar-refractivity contribution is 14.0. The number of likely N-dealkylation sites (N-methyl/N-ethyl adjacent to an activating group) is 1. The number of guanidine groups is 1. The molecule has 1 atom stereocenters. The van der Waals surface area contributed by atoms with Crippen LogP contribution in [0.25, 0.3) is 0 Å². The topological polar surface area (TPSA) is 82.8 Å². The average molecular weight is 534 g/mol. The average Bonchev–Trinajstić information content (AvgIpc) is 2.98. The Kier molecular flexibility index (Phi) is 11.3. The fourth-order valence-electron chi connectivity index (χ4n) is 3.99. The molecule has 0 spiro atoms. The first-order chi connectivity index (χ1) is 14.2. The number of methoxy groups -OCH3 is 1. The van der Waals surface area contributed by atoms with Crippen LogP contribution in [0.2, 0.25) is 0 Å². The van der Waals surface area contributed by atoms with E-state index in [0.717, 1.165) is 63.0 Å². The van der Waals surface area contributed by atoms with Gasteiger partial charge in [-0.1, -0.05) is 0 Å². The zero-order valence-electron chi connectivity index (χ0n) is 18.8. The number of aryl methyl sites for hydroxylation is 1. The van der Waals surface area contributed by atoms with Gasteiger partial charge in [0, 0.05) is 45.8 Å². The van der Waals surface area contributed by atoms with Gasteiger partial charge in [0.2, 0.25) is 0 Å². The van der Waals surface area contributed by atoms with Gasteiger partial charge in [-0.2, -0.15) is 5.10 Å². The molecule has 3 heterocycles. The van der Waals surface area contributed by atoms with E-state index in [0.29, 0.717) is 12.6 Å². The molecule has 0 radical (unpaired) electrons. The Morgan fingerprint density at radius 2 is 2.13 bits per heavy atom. The lowest BCUT2D eigenvalue weighted by Crippen LogP contribution is -2.47. The fraction of sp³-hybridized carbons (Fsp3) is 0.850. The minimum absolute atomic E-state index is 0. The molecule has 0 saturated carbocycles. The van der Waals surface area contributed by atoms with Gasteiger partial charge in [0.1, 0.15) is 12.4 Å². The van der Waals surface area contributed by atoms with Crippen LogP contribution in [0.4, 0.5) is 0 Å². The Labute approximate surface area is 198 Å². The van der Waals surface area contributed by atoms with Crippen molar-refractivity contribution in [3.8, 4) is 0 Å². The number of fused-ring (bicyclic) bond motifs is 1. The van der Waals surface area contributed by atoms with E-state index in [-0.39, 0.29) is 24.0 Å². The second-order valence-corrected chi connectivity index (χ2v) is 8.05. The molecular weight excluding hydrogens is 495 g/mol. The smallest absolute Gasteiger partial charge is 0.191 e. The molecule has 0 aliphatic carbocycles. The largest absolute Gasteiger partial charge is 0.377 e. The molecule has 2 aliphatic heterocycles. The lowest BCUT2D eigenvalue weighted by Gasteiger charge is -2.25. The summed E-state index contributed by atoms with van der Waals surface area (Å²) < 4.78 is 7.16. The lowest BCUT2D eigenvalue weighted by molar-refractivity contribution is 0.177. The number of nitrogens with zero attached hydrogens (tertiary/aromatic N) is 6. The van der Waals surface area contributed by atoms with Crippen LogP contribution in [0.1, 0.15) is 37.8 Å². The molecule has 10 heteroatoms. The van der Waals surface area contributed by atoms with Gasteiger partial charge in [-0.25, -0.2) is 9.67 Å². The highest BCUT2D eigenvalue weighted by Gasteiger charge is 2.22. The van der Waals surface area contributed by atoms with Crippen molar-refractivity contribution in [3.63, 3.8) is 0 Å². The predicted molar refractivity (Wildman–Crippen MR) is 131 cm³/mol. The predicted octanol–water partition coefficient (Wildman–Crippen LogP) is 0.940. The SMILES string of the molecule is CCNC(=NCCCN1CCCN(C)CC1)NC1CCc2nc(COC)nn2C1.I. The Morgan fingerprint density at radius 1 is 1.27 bits per heavy atom. The molecular formula is C20H39IN8O. The van der Waals surface area contributed by atoms with Gasteiger partial charge in [-0.3, -0.25) is 4.99 Å². The first kappa shape index (κ1) is 25.3. The summed E-state index contributed by atoms with van der Waals surface area (Å²) in [7, 11) is 3.89. The Balaban J connectivity index is 0.00000320. The van der Waals surface area contributed by atoms with E-state index in [2.05, 4.69) is 44.5 Å². The third kappa shape index (κ3) is 7.93. The van der Waals surface area contributed by atoms with Crippen LogP contribution in [0.5, 0.6) is 0 Å². The molecule has 172 valence electrons. The molecule has 2 N–H and O–H groups in total. The number of rotatable bonds is 8. The van der Waals surface area contributed by atoms with E-state index in [1.54, 1.807) is 7.11 Å². The molecule has 3 rings (SSSR count). The van der Waals surface area contributed by atoms with E-state index in [1.165, 1.54) is 32.6 Å². The minimum atomic E-state index is 0. The maximum absolute atomic E-state index is 5.15. The molecule has 1 aromatic heterocycles. The van der Waals surface area contributed by atoms with E-state index >= 15 is 0 Å². The quantitative estimate of drug-likeness (QED) is 0.222. The van der Waals surface area contributed by atoms with Crippen molar-refractivity contribution < 1.29 is 4.74 Å². The summed E-state index contributed by atoms with van der Waals surface area (Å²) in [6.07, 6.45) is 4.33.